The lowest BCUT2D eigenvalue weighted by atomic mass is 10.2. The number of anilines is 1. The Labute approximate surface area is 117 Å². The van der Waals surface area contributed by atoms with E-state index in [1.165, 1.54) is 18.2 Å². The number of aryl methyl sites for hydroxylation is 1. The van der Waals surface area contributed by atoms with Crippen molar-refractivity contribution in [3.63, 3.8) is 0 Å². The molecule has 2 rings (SSSR count). The highest BCUT2D eigenvalue weighted by molar-refractivity contribution is 7.93. The number of piperidine rings is 1. The van der Waals surface area contributed by atoms with E-state index in [-0.39, 0.29) is 5.69 Å². The number of sulfonamides is 1. The molecule has 0 atom stereocenters. The lowest BCUT2D eigenvalue weighted by Gasteiger charge is -2.23. The minimum atomic E-state index is -3.45. The van der Waals surface area contributed by atoms with Crippen molar-refractivity contribution < 1.29 is 13.3 Å². The summed E-state index contributed by atoms with van der Waals surface area (Å²) in [5.41, 5.74) is 0.780. The van der Waals surface area contributed by atoms with Crippen LogP contribution in [0.15, 0.2) is 18.2 Å². The normalized spacial score (nSPS) is 16.9. The van der Waals surface area contributed by atoms with Gasteiger partial charge in [-0.1, -0.05) is 0 Å². The number of rotatable bonds is 4. The number of nitrogens with zero attached hydrogens (tertiary/aromatic N) is 1. The van der Waals surface area contributed by atoms with E-state index in [0.29, 0.717) is 37.2 Å². The third kappa shape index (κ3) is 3.26. The molecule has 7 nitrogen and oxygen atoms in total. The van der Waals surface area contributed by atoms with E-state index in [2.05, 4.69) is 10.0 Å². The lowest BCUT2D eigenvalue weighted by molar-refractivity contribution is -0.385. The molecule has 0 aliphatic carbocycles. The Morgan fingerprint density at radius 2 is 2.00 bits per heavy atom. The van der Waals surface area contributed by atoms with Gasteiger partial charge in [0, 0.05) is 17.3 Å². The average Bonchev–Trinajstić information content (AvgIpc) is 2.39. The van der Waals surface area contributed by atoms with Crippen LogP contribution in [0.1, 0.15) is 18.4 Å². The molecule has 0 spiro atoms. The molecule has 2 N–H and O–H groups in total. The molecule has 110 valence electrons. The van der Waals surface area contributed by atoms with Gasteiger partial charge < -0.3 is 5.32 Å². The van der Waals surface area contributed by atoms with Gasteiger partial charge in [-0.2, -0.15) is 0 Å². The van der Waals surface area contributed by atoms with Gasteiger partial charge in [-0.05, 0) is 45.0 Å². The van der Waals surface area contributed by atoms with Crippen LogP contribution in [-0.4, -0.2) is 31.7 Å². The summed E-state index contributed by atoms with van der Waals surface area (Å²) in [5, 5.41) is 13.4. The molecule has 1 aromatic carbocycles. The van der Waals surface area contributed by atoms with Gasteiger partial charge >= 0.3 is 0 Å². The second-order valence-electron chi connectivity index (χ2n) is 4.85. The average molecular weight is 299 g/mol. The molecule has 0 radical (unpaired) electrons. The minimum Gasteiger partial charge on any atom is -0.317 e. The summed E-state index contributed by atoms with van der Waals surface area (Å²) in [7, 11) is -3.45. The van der Waals surface area contributed by atoms with Gasteiger partial charge in [0.1, 0.15) is 0 Å². The second-order valence-corrected chi connectivity index (χ2v) is 6.82. The van der Waals surface area contributed by atoms with Crippen molar-refractivity contribution in [1.82, 2.24) is 5.32 Å². The summed E-state index contributed by atoms with van der Waals surface area (Å²) in [6.45, 7) is 2.95. The molecule has 0 aromatic heterocycles. The zero-order valence-electron chi connectivity index (χ0n) is 11.1. The number of nitro benzene ring substituents is 1. The first kappa shape index (κ1) is 14.7. The molecule has 0 amide bonds. The maximum atomic E-state index is 12.2. The van der Waals surface area contributed by atoms with Gasteiger partial charge in [0.2, 0.25) is 10.0 Å². The van der Waals surface area contributed by atoms with Crippen molar-refractivity contribution in [2.24, 2.45) is 0 Å². The fourth-order valence-electron chi connectivity index (χ4n) is 2.28. The highest BCUT2D eigenvalue weighted by atomic mass is 32.2. The number of hydrogen-bond donors (Lipinski definition) is 2. The summed E-state index contributed by atoms with van der Waals surface area (Å²) >= 11 is 0. The van der Waals surface area contributed by atoms with Crippen LogP contribution in [0.4, 0.5) is 11.4 Å². The van der Waals surface area contributed by atoms with E-state index in [4.69, 9.17) is 0 Å². The fourth-order valence-corrected chi connectivity index (χ4v) is 3.76. The Morgan fingerprint density at radius 1 is 1.35 bits per heavy atom. The van der Waals surface area contributed by atoms with Crippen molar-refractivity contribution in [3.05, 3.63) is 33.9 Å². The topological polar surface area (TPSA) is 101 Å². The van der Waals surface area contributed by atoms with Crippen molar-refractivity contribution >= 4 is 21.4 Å². The second kappa shape index (κ2) is 5.76. The van der Waals surface area contributed by atoms with Gasteiger partial charge in [0.25, 0.3) is 5.69 Å². The third-order valence-electron chi connectivity index (χ3n) is 3.38. The highest BCUT2D eigenvalue weighted by Crippen LogP contribution is 2.24. The zero-order chi connectivity index (χ0) is 14.8. The van der Waals surface area contributed by atoms with Crippen LogP contribution in [-0.2, 0) is 10.0 Å². The SMILES string of the molecule is Cc1cc(NS(=O)(=O)C2CCNCC2)ccc1[N+](=O)[O-]. The fraction of sp³-hybridized carbons (Fsp3) is 0.500. The molecule has 0 unspecified atom stereocenters. The van der Waals surface area contributed by atoms with E-state index in [1.54, 1.807) is 6.92 Å². The number of hydrogen-bond acceptors (Lipinski definition) is 5. The largest absolute Gasteiger partial charge is 0.317 e. The third-order valence-corrected chi connectivity index (χ3v) is 5.25. The van der Waals surface area contributed by atoms with Crippen LogP contribution < -0.4 is 10.0 Å². The molecule has 8 heteroatoms. The van der Waals surface area contributed by atoms with Crippen molar-refractivity contribution in [2.75, 3.05) is 17.8 Å². The highest BCUT2D eigenvalue weighted by Gasteiger charge is 2.27. The van der Waals surface area contributed by atoms with Crippen LogP contribution in [0.3, 0.4) is 0 Å². The van der Waals surface area contributed by atoms with E-state index < -0.39 is 20.2 Å². The van der Waals surface area contributed by atoms with Crippen LogP contribution >= 0.6 is 0 Å². The molecule has 1 aliphatic heterocycles. The molecule has 0 saturated carbocycles. The van der Waals surface area contributed by atoms with Crippen LogP contribution in [0.5, 0.6) is 0 Å². The number of benzene rings is 1. The summed E-state index contributed by atoms with van der Waals surface area (Å²) < 4.78 is 26.9. The van der Waals surface area contributed by atoms with Crippen molar-refractivity contribution in [2.45, 2.75) is 25.0 Å². The molecular weight excluding hydrogens is 282 g/mol. The van der Waals surface area contributed by atoms with Gasteiger partial charge in [-0.15, -0.1) is 0 Å². The van der Waals surface area contributed by atoms with Gasteiger partial charge in [-0.3, -0.25) is 14.8 Å². The standard InChI is InChI=1S/C12H17N3O4S/c1-9-8-10(2-3-12(9)15(16)17)14-20(18,19)11-4-6-13-7-5-11/h2-3,8,11,13-14H,4-7H2,1H3. The quantitative estimate of drug-likeness (QED) is 0.646. The van der Waals surface area contributed by atoms with Crippen LogP contribution in [0.25, 0.3) is 0 Å². The smallest absolute Gasteiger partial charge is 0.272 e. The predicted octanol–water partition coefficient (Wildman–Crippen LogP) is 1.40. The first-order chi connectivity index (χ1) is 9.40. The molecular formula is C12H17N3O4S. The minimum absolute atomic E-state index is 0.0187. The maximum absolute atomic E-state index is 12.2. The summed E-state index contributed by atoms with van der Waals surface area (Å²) in [6.07, 6.45) is 1.14. The molecule has 1 aromatic rings. The molecule has 1 saturated heterocycles. The summed E-state index contributed by atoms with van der Waals surface area (Å²) in [5.74, 6) is 0. The van der Waals surface area contributed by atoms with E-state index in [1.807, 2.05) is 0 Å². The first-order valence-electron chi connectivity index (χ1n) is 6.37. The summed E-state index contributed by atoms with van der Waals surface area (Å²) in [4.78, 5) is 10.2. The van der Waals surface area contributed by atoms with Gasteiger partial charge in [0.15, 0.2) is 0 Å². The van der Waals surface area contributed by atoms with E-state index >= 15 is 0 Å². The Hall–Kier alpha value is -1.67. The number of nitro groups is 1. The zero-order valence-corrected chi connectivity index (χ0v) is 11.9. The Morgan fingerprint density at radius 3 is 2.55 bits per heavy atom. The summed E-state index contributed by atoms with van der Waals surface area (Å²) in [6, 6.07) is 4.22. The van der Waals surface area contributed by atoms with Crippen LogP contribution in [0.2, 0.25) is 0 Å². The molecule has 1 fully saturated rings. The van der Waals surface area contributed by atoms with E-state index in [9.17, 15) is 18.5 Å². The molecule has 20 heavy (non-hydrogen) atoms. The lowest BCUT2D eigenvalue weighted by Crippen LogP contribution is -2.38. The van der Waals surface area contributed by atoms with Gasteiger partial charge in [-0.25, -0.2) is 8.42 Å². The molecule has 0 bridgehead atoms. The number of nitrogens with one attached hydrogen (secondary N) is 2. The van der Waals surface area contributed by atoms with E-state index in [0.717, 1.165) is 0 Å². The Kier molecular flexibility index (Phi) is 4.24. The first-order valence-corrected chi connectivity index (χ1v) is 7.92. The monoisotopic (exact) mass is 299 g/mol. The molecule has 1 heterocycles. The van der Waals surface area contributed by atoms with Crippen molar-refractivity contribution in [3.8, 4) is 0 Å². The Bertz CT molecular complexity index is 609. The molecule has 1 aliphatic rings. The van der Waals surface area contributed by atoms with Crippen molar-refractivity contribution in [1.29, 1.82) is 0 Å². The Balaban J connectivity index is 2.17. The predicted molar refractivity (Wildman–Crippen MR) is 76.3 cm³/mol. The van der Waals surface area contributed by atoms with Gasteiger partial charge in [0.05, 0.1) is 10.2 Å². The van der Waals surface area contributed by atoms with Crippen LogP contribution in [0, 0.1) is 17.0 Å². The maximum Gasteiger partial charge on any atom is 0.272 e.